The zero-order valence-corrected chi connectivity index (χ0v) is 19.4. The summed E-state index contributed by atoms with van der Waals surface area (Å²) >= 11 is 10.3. The van der Waals surface area contributed by atoms with Gasteiger partial charge >= 0.3 is 0 Å². The molecule has 0 radical (unpaired) electrons. The van der Waals surface area contributed by atoms with E-state index in [4.69, 9.17) is 11.6 Å². The third kappa shape index (κ3) is 5.45. The number of nitrogens with zero attached hydrogens (tertiary/aromatic N) is 2. The molecule has 0 aromatic carbocycles. The van der Waals surface area contributed by atoms with Crippen LogP contribution in [0.3, 0.4) is 0 Å². The van der Waals surface area contributed by atoms with Crippen LogP contribution in [0, 0.1) is 11.8 Å². The Morgan fingerprint density at radius 2 is 1.85 bits per heavy atom. The second-order valence-electron chi connectivity index (χ2n) is 8.77. The summed E-state index contributed by atoms with van der Waals surface area (Å²) in [6.07, 6.45) is 6.69. The van der Waals surface area contributed by atoms with Crippen molar-refractivity contribution >= 4 is 35.1 Å². The predicted octanol–water partition coefficient (Wildman–Crippen LogP) is 6.04. The molecule has 1 saturated carbocycles. The summed E-state index contributed by atoms with van der Waals surface area (Å²) in [7, 11) is 0. The van der Waals surface area contributed by atoms with Gasteiger partial charge in [-0.2, -0.15) is 16.9 Å². The molecular weight excluding hydrogens is 384 g/mol. The van der Waals surface area contributed by atoms with Crippen molar-refractivity contribution in [3.63, 3.8) is 0 Å². The molecule has 0 saturated heterocycles. The van der Waals surface area contributed by atoms with E-state index in [0.717, 1.165) is 35.3 Å². The van der Waals surface area contributed by atoms with Crippen LogP contribution in [0.25, 0.3) is 0 Å². The van der Waals surface area contributed by atoms with E-state index in [9.17, 15) is 4.79 Å². The molecule has 1 aromatic heterocycles. The lowest BCUT2D eigenvalue weighted by Gasteiger charge is -2.31. The maximum Gasteiger partial charge on any atom is 0.286 e. The van der Waals surface area contributed by atoms with E-state index < -0.39 is 0 Å². The second-order valence-corrected chi connectivity index (χ2v) is 11.0. The van der Waals surface area contributed by atoms with Crippen molar-refractivity contribution < 1.29 is 0 Å². The molecular formula is C20H33ClN2OS2. The largest absolute Gasteiger partial charge is 0.286 e. The van der Waals surface area contributed by atoms with Crippen LogP contribution in [0.15, 0.2) is 9.82 Å². The van der Waals surface area contributed by atoms with Crippen molar-refractivity contribution in [2.75, 3.05) is 17.8 Å². The van der Waals surface area contributed by atoms with Crippen molar-refractivity contribution in [3.8, 4) is 0 Å². The molecule has 1 aliphatic carbocycles. The van der Waals surface area contributed by atoms with Gasteiger partial charge in [0.2, 0.25) is 0 Å². The van der Waals surface area contributed by atoms with Gasteiger partial charge in [-0.3, -0.25) is 4.79 Å². The highest BCUT2D eigenvalue weighted by molar-refractivity contribution is 7.99. The van der Waals surface area contributed by atoms with Crippen LogP contribution in [-0.4, -0.2) is 27.5 Å². The van der Waals surface area contributed by atoms with Crippen LogP contribution >= 0.6 is 35.1 Å². The Bertz CT molecular complexity index is 659. The molecule has 1 fully saturated rings. The molecule has 1 aliphatic rings. The normalized spacial score (nSPS) is 21.4. The Kier molecular flexibility index (Phi) is 7.99. The molecule has 0 bridgehead atoms. The van der Waals surface area contributed by atoms with E-state index in [-0.39, 0.29) is 11.1 Å². The maximum atomic E-state index is 12.8. The molecule has 0 atom stereocenters. The van der Waals surface area contributed by atoms with Gasteiger partial charge in [0, 0.05) is 5.56 Å². The van der Waals surface area contributed by atoms with Crippen LogP contribution in [0.5, 0.6) is 0 Å². The number of rotatable bonds is 6. The molecule has 0 amide bonds. The number of hydrogen-bond acceptors (Lipinski definition) is 4. The minimum absolute atomic E-state index is 0.151. The van der Waals surface area contributed by atoms with Gasteiger partial charge in [0.15, 0.2) is 0 Å². The topological polar surface area (TPSA) is 34.9 Å². The summed E-state index contributed by atoms with van der Waals surface area (Å²) in [5, 5.41) is 5.97. The molecule has 6 heteroatoms. The maximum absolute atomic E-state index is 12.8. The zero-order chi connectivity index (χ0) is 19.5. The summed E-state index contributed by atoms with van der Waals surface area (Å²) in [5.74, 6) is 4.44. The Hall–Kier alpha value is -0.130. The summed E-state index contributed by atoms with van der Waals surface area (Å²) in [4.78, 5) is 12.8. The standard InChI is InChI=1S/C20H33ClN2OS2/c1-13(2)11-26-12-14-7-9-15(10-8-14)16-17(21)19(24)23(20(3,4)5)22-18(16)25-6/h13-15H,7-12H2,1-6H3. The van der Waals surface area contributed by atoms with Gasteiger partial charge in [-0.25, -0.2) is 4.68 Å². The second kappa shape index (κ2) is 9.38. The first-order valence-electron chi connectivity index (χ1n) is 9.60. The van der Waals surface area contributed by atoms with Gasteiger partial charge in [-0.05, 0) is 82.0 Å². The van der Waals surface area contributed by atoms with Gasteiger partial charge < -0.3 is 0 Å². The monoisotopic (exact) mass is 416 g/mol. The van der Waals surface area contributed by atoms with Gasteiger partial charge in [0.25, 0.3) is 5.56 Å². The van der Waals surface area contributed by atoms with E-state index in [1.807, 2.05) is 27.0 Å². The van der Waals surface area contributed by atoms with Crippen LogP contribution in [0.4, 0.5) is 0 Å². The molecule has 148 valence electrons. The average molecular weight is 417 g/mol. The minimum atomic E-state index is -0.366. The first kappa shape index (κ1) is 22.2. The number of hydrogen-bond donors (Lipinski definition) is 0. The Morgan fingerprint density at radius 1 is 1.23 bits per heavy atom. The average Bonchev–Trinajstić information content (AvgIpc) is 2.56. The van der Waals surface area contributed by atoms with E-state index in [1.54, 1.807) is 16.4 Å². The van der Waals surface area contributed by atoms with E-state index >= 15 is 0 Å². The third-order valence-electron chi connectivity index (χ3n) is 4.93. The molecule has 0 N–H and O–H groups in total. The number of halogens is 1. The summed E-state index contributed by atoms with van der Waals surface area (Å²) in [5.41, 5.74) is 0.481. The van der Waals surface area contributed by atoms with Gasteiger partial charge in [-0.15, -0.1) is 11.8 Å². The zero-order valence-electron chi connectivity index (χ0n) is 17.0. The fourth-order valence-electron chi connectivity index (χ4n) is 3.54. The lowest BCUT2D eigenvalue weighted by molar-refractivity contribution is 0.318. The predicted molar refractivity (Wildman–Crippen MR) is 117 cm³/mol. The summed E-state index contributed by atoms with van der Waals surface area (Å²) in [6, 6.07) is 0. The molecule has 0 unspecified atom stereocenters. The van der Waals surface area contributed by atoms with Crippen LogP contribution in [0.2, 0.25) is 5.02 Å². The Balaban J connectivity index is 2.15. The summed E-state index contributed by atoms with van der Waals surface area (Å²) < 4.78 is 1.54. The summed E-state index contributed by atoms with van der Waals surface area (Å²) in [6.45, 7) is 10.5. The molecule has 26 heavy (non-hydrogen) atoms. The lowest BCUT2D eigenvalue weighted by atomic mass is 9.80. The van der Waals surface area contributed by atoms with Crippen molar-refractivity contribution in [1.29, 1.82) is 0 Å². The smallest absolute Gasteiger partial charge is 0.266 e. The molecule has 1 aromatic rings. The number of thioether (sulfide) groups is 2. The highest BCUT2D eigenvalue weighted by Gasteiger charge is 2.30. The van der Waals surface area contributed by atoms with Crippen molar-refractivity contribution in [2.24, 2.45) is 11.8 Å². The van der Waals surface area contributed by atoms with Crippen molar-refractivity contribution in [2.45, 2.75) is 76.8 Å². The van der Waals surface area contributed by atoms with Crippen LogP contribution in [-0.2, 0) is 5.54 Å². The fourth-order valence-corrected chi connectivity index (χ4v) is 5.85. The van der Waals surface area contributed by atoms with Crippen molar-refractivity contribution in [3.05, 3.63) is 20.9 Å². The van der Waals surface area contributed by atoms with Crippen LogP contribution in [0.1, 0.15) is 71.8 Å². The Labute approximate surface area is 172 Å². The molecule has 1 heterocycles. The first-order valence-corrected chi connectivity index (χ1v) is 12.4. The van der Waals surface area contributed by atoms with E-state index in [1.165, 1.54) is 24.3 Å². The SMILES string of the molecule is CSc1nn(C(C)(C)C)c(=O)c(Cl)c1C1CCC(CSCC(C)C)CC1. The van der Waals surface area contributed by atoms with Crippen molar-refractivity contribution in [1.82, 2.24) is 9.78 Å². The molecule has 0 aliphatic heterocycles. The minimum Gasteiger partial charge on any atom is -0.266 e. The highest BCUT2D eigenvalue weighted by Crippen LogP contribution is 2.41. The van der Waals surface area contributed by atoms with Gasteiger partial charge in [0.1, 0.15) is 10.0 Å². The highest BCUT2D eigenvalue weighted by atomic mass is 35.5. The van der Waals surface area contributed by atoms with Gasteiger partial charge in [-0.1, -0.05) is 25.4 Å². The van der Waals surface area contributed by atoms with E-state index in [2.05, 4.69) is 30.7 Å². The molecule has 2 rings (SSSR count). The number of aromatic nitrogens is 2. The Morgan fingerprint density at radius 3 is 2.35 bits per heavy atom. The lowest BCUT2D eigenvalue weighted by Crippen LogP contribution is -2.37. The van der Waals surface area contributed by atoms with E-state index in [0.29, 0.717) is 10.9 Å². The molecule has 3 nitrogen and oxygen atoms in total. The van der Waals surface area contributed by atoms with Crippen LogP contribution < -0.4 is 5.56 Å². The quantitative estimate of drug-likeness (QED) is 0.529. The first-order chi connectivity index (χ1) is 12.1. The fraction of sp³-hybridized carbons (Fsp3) is 0.800. The van der Waals surface area contributed by atoms with Gasteiger partial charge in [0.05, 0.1) is 5.54 Å². The third-order valence-corrected chi connectivity index (χ3v) is 7.59. The molecule has 0 spiro atoms.